The zero-order valence-electron chi connectivity index (χ0n) is 9.28. The molecule has 0 amide bonds. The lowest BCUT2D eigenvalue weighted by Gasteiger charge is -2.32. The van der Waals surface area contributed by atoms with Gasteiger partial charge in [-0.05, 0) is 50.2 Å². The average molecular weight is 316 g/mol. The zero-order valence-corrected chi connectivity index (χ0v) is 11.7. The minimum absolute atomic E-state index is 0.668. The Morgan fingerprint density at radius 1 is 1.29 bits per heavy atom. The molecule has 1 saturated heterocycles. The Labute approximate surface area is 113 Å². The summed E-state index contributed by atoms with van der Waals surface area (Å²) in [5.74, 6) is -0.702. The number of halogens is 1. The van der Waals surface area contributed by atoms with E-state index in [4.69, 9.17) is 0 Å². The quantitative estimate of drug-likeness (QED) is 0.900. The molecule has 0 atom stereocenters. The van der Waals surface area contributed by atoms with Crippen molar-refractivity contribution in [1.29, 1.82) is 0 Å². The molecule has 92 valence electrons. The van der Waals surface area contributed by atoms with Crippen LogP contribution in [0.1, 0.15) is 12.8 Å². The van der Waals surface area contributed by atoms with Crippen LogP contribution in [0.2, 0.25) is 0 Å². The fourth-order valence-electron chi connectivity index (χ4n) is 1.92. The Bertz CT molecular complexity index is 401. The lowest BCUT2D eigenvalue weighted by molar-refractivity contribution is -0.140. The fraction of sp³-hybridized carbons (Fsp3) is 0.417. The minimum atomic E-state index is -0.702. The highest BCUT2D eigenvalue weighted by Crippen LogP contribution is 2.40. The second-order valence-electron chi connectivity index (χ2n) is 4.11. The number of rotatable bonds is 3. The van der Waals surface area contributed by atoms with Crippen molar-refractivity contribution in [2.75, 3.05) is 13.1 Å². The molecule has 0 spiro atoms. The minimum Gasteiger partial charge on any atom is -0.480 e. The van der Waals surface area contributed by atoms with Crippen molar-refractivity contribution in [2.24, 2.45) is 0 Å². The predicted octanol–water partition coefficient (Wildman–Crippen LogP) is 2.75. The second-order valence-corrected chi connectivity index (χ2v) is 6.48. The van der Waals surface area contributed by atoms with Gasteiger partial charge in [-0.2, -0.15) is 0 Å². The maximum Gasteiger partial charge on any atom is 0.320 e. The maximum atomic E-state index is 11.5. The molecule has 0 unspecified atom stereocenters. The van der Waals surface area contributed by atoms with Crippen molar-refractivity contribution in [1.82, 2.24) is 5.32 Å². The van der Waals surface area contributed by atoms with E-state index in [-0.39, 0.29) is 0 Å². The van der Waals surface area contributed by atoms with E-state index in [0.29, 0.717) is 12.8 Å². The van der Waals surface area contributed by atoms with E-state index in [0.717, 1.165) is 22.5 Å². The van der Waals surface area contributed by atoms with Gasteiger partial charge >= 0.3 is 5.97 Å². The van der Waals surface area contributed by atoms with E-state index in [1.54, 1.807) is 0 Å². The molecule has 1 aromatic rings. The summed E-state index contributed by atoms with van der Waals surface area (Å²) >= 11 is 4.85. The lowest BCUT2D eigenvalue weighted by atomic mass is 9.97. The van der Waals surface area contributed by atoms with Crippen LogP contribution in [0.15, 0.2) is 33.6 Å². The molecule has 0 aliphatic carbocycles. The number of nitrogens with one attached hydrogen (secondary N) is 1. The number of thioether (sulfide) groups is 1. The average Bonchev–Trinajstić information content (AvgIpc) is 2.33. The van der Waals surface area contributed by atoms with E-state index < -0.39 is 10.7 Å². The molecule has 1 aliphatic rings. The summed E-state index contributed by atoms with van der Waals surface area (Å²) in [4.78, 5) is 12.5. The molecular weight excluding hydrogens is 302 g/mol. The second kappa shape index (κ2) is 5.42. The van der Waals surface area contributed by atoms with Crippen molar-refractivity contribution in [3.8, 4) is 0 Å². The number of carboxylic acids is 1. The van der Waals surface area contributed by atoms with E-state index >= 15 is 0 Å². The van der Waals surface area contributed by atoms with Crippen LogP contribution < -0.4 is 5.32 Å². The Morgan fingerprint density at radius 2 is 1.88 bits per heavy atom. The molecule has 2 rings (SSSR count). The Hall–Kier alpha value is -0.520. The third-order valence-electron chi connectivity index (χ3n) is 2.93. The van der Waals surface area contributed by atoms with Crippen molar-refractivity contribution < 1.29 is 9.90 Å². The van der Waals surface area contributed by atoms with Crippen LogP contribution in [0.4, 0.5) is 0 Å². The van der Waals surface area contributed by atoms with Gasteiger partial charge in [0.15, 0.2) is 0 Å². The Morgan fingerprint density at radius 3 is 2.41 bits per heavy atom. The summed E-state index contributed by atoms with van der Waals surface area (Å²) < 4.78 is 0.343. The SMILES string of the molecule is O=C(O)C1(Sc2ccc(Br)cc2)CCNCC1. The van der Waals surface area contributed by atoms with E-state index in [1.807, 2.05) is 24.3 Å². The van der Waals surface area contributed by atoms with Crippen LogP contribution in [0.25, 0.3) is 0 Å². The fourth-order valence-corrected chi connectivity index (χ4v) is 3.40. The molecule has 3 nitrogen and oxygen atoms in total. The Balaban J connectivity index is 2.17. The molecule has 5 heteroatoms. The standard InChI is InChI=1S/C12H14BrNO2S/c13-9-1-3-10(4-2-9)17-12(11(15)16)5-7-14-8-6-12/h1-4,14H,5-8H2,(H,15,16). The smallest absolute Gasteiger partial charge is 0.320 e. The van der Waals surface area contributed by atoms with E-state index in [2.05, 4.69) is 21.2 Å². The largest absolute Gasteiger partial charge is 0.480 e. The van der Waals surface area contributed by atoms with Crippen LogP contribution in [-0.4, -0.2) is 28.9 Å². The van der Waals surface area contributed by atoms with Crippen LogP contribution in [0.3, 0.4) is 0 Å². The number of benzene rings is 1. The van der Waals surface area contributed by atoms with Gasteiger partial charge in [-0.15, -0.1) is 11.8 Å². The van der Waals surface area contributed by atoms with Gasteiger partial charge in [0.25, 0.3) is 0 Å². The Kier molecular flexibility index (Phi) is 4.12. The molecule has 1 heterocycles. The highest BCUT2D eigenvalue weighted by Gasteiger charge is 2.40. The summed E-state index contributed by atoms with van der Waals surface area (Å²) in [6, 6.07) is 7.81. The first-order valence-electron chi connectivity index (χ1n) is 5.51. The first kappa shape index (κ1) is 12.9. The number of aliphatic carboxylic acids is 1. The zero-order chi connectivity index (χ0) is 12.3. The molecule has 0 bridgehead atoms. The lowest BCUT2D eigenvalue weighted by Crippen LogP contribution is -2.45. The summed E-state index contributed by atoms with van der Waals surface area (Å²) in [7, 11) is 0. The molecule has 2 N–H and O–H groups in total. The van der Waals surface area contributed by atoms with E-state index in [1.165, 1.54) is 11.8 Å². The molecule has 17 heavy (non-hydrogen) atoms. The molecule has 0 radical (unpaired) electrons. The van der Waals surface area contributed by atoms with Crippen molar-refractivity contribution >= 4 is 33.7 Å². The monoisotopic (exact) mass is 315 g/mol. The number of carboxylic acid groups (broad SMARTS) is 1. The predicted molar refractivity (Wildman–Crippen MR) is 72.5 cm³/mol. The molecule has 1 aliphatic heterocycles. The highest BCUT2D eigenvalue weighted by molar-refractivity contribution is 9.10. The van der Waals surface area contributed by atoms with Gasteiger partial charge in [0.1, 0.15) is 4.75 Å². The van der Waals surface area contributed by atoms with Gasteiger partial charge in [-0.25, -0.2) is 0 Å². The van der Waals surface area contributed by atoms with Gasteiger partial charge in [-0.1, -0.05) is 15.9 Å². The summed E-state index contributed by atoms with van der Waals surface area (Å²) in [6.45, 7) is 1.55. The third kappa shape index (κ3) is 3.03. The van der Waals surface area contributed by atoms with Crippen molar-refractivity contribution in [3.05, 3.63) is 28.7 Å². The summed E-state index contributed by atoms with van der Waals surface area (Å²) in [5.41, 5.74) is 0. The molecule has 0 aromatic heterocycles. The number of hydrogen-bond donors (Lipinski definition) is 2. The van der Waals surface area contributed by atoms with Crippen molar-refractivity contribution in [2.45, 2.75) is 22.5 Å². The number of piperidine rings is 1. The first-order valence-corrected chi connectivity index (χ1v) is 7.12. The highest BCUT2D eigenvalue weighted by atomic mass is 79.9. The van der Waals surface area contributed by atoms with Gasteiger partial charge in [-0.3, -0.25) is 4.79 Å². The third-order valence-corrected chi connectivity index (χ3v) is 4.94. The van der Waals surface area contributed by atoms with Gasteiger partial charge < -0.3 is 10.4 Å². The van der Waals surface area contributed by atoms with Gasteiger partial charge in [0, 0.05) is 9.37 Å². The van der Waals surface area contributed by atoms with Gasteiger partial charge in [0.2, 0.25) is 0 Å². The van der Waals surface area contributed by atoms with E-state index in [9.17, 15) is 9.90 Å². The van der Waals surface area contributed by atoms with Crippen LogP contribution in [-0.2, 0) is 4.79 Å². The molecule has 1 aromatic carbocycles. The van der Waals surface area contributed by atoms with Crippen LogP contribution in [0, 0.1) is 0 Å². The first-order chi connectivity index (χ1) is 8.12. The van der Waals surface area contributed by atoms with Gasteiger partial charge in [0.05, 0.1) is 0 Å². The maximum absolute atomic E-state index is 11.5. The summed E-state index contributed by atoms with van der Waals surface area (Å²) in [6.07, 6.45) is 1.34. The number of hydrogen-bond acceptors (Lipinski definition) is 3. The number of carbonyl (C=O) groups is 1. The topological polar surface area (TPSA) is 49.3 Å². The molecule has 1 fully saturated rings. The van der Waals surface area contributed by atoms with Crippen molar-refractivity contribution in [3.63, 3.8) is 0 Å². The van der Waals surface area contributed by atoms with Crippen LogP contribution >= 0.6 is 27.7 Å². The molecular formula is C12H14BrNO2S. The molecule has 0 saturated carbocycles. The summed E-state index contributed by atoms with van der Waals surface area (Å²) in [5, 5.41) is 12.7. The normalized spacial score (nSPS) is 18.9. The van der Waals surface area contributed by atoms with Crippen LogP contribution in [0.5, 0.6) is 0 Å².